The van der Waals surface area contributed by atoms with E-state index >= 15 is 0 Å². The first-order chi connectivity index (χ1) is 2.56. The molecule has 1 nitrogen and oxygen atoms in total. The molecule has 0 bridgehead atoms. The zero-order chi connectivity index (χ0) is 5.21. The number of alkyl halides is 1. The van der Waals surface area contributed by atoms with Gasteiger partial charge in [0.15, 0.2) is 5.06 Å². The fraction of sp³-hybridized carbons (Fsp3) is 1.00. The van der Waals surface area contributed by atoms with Gasteiger partial charge in [-0.25, -0.2) is 0 Å². The first-order valence-corrected chi connectivity index (χ1v) is 2.23. The van der Waals surface area contributed by atoms with E-state index in [2.05, 4.69) is 4.29 Å². The summed E-state index contributed by atoms with van der Waals surface area (Å²) in [6.07, 6.45) is 0. The van der Waals surface area contributed by atoms with Gasteiger partial charge >= 0.3 is 0 Å². The third-order valence-corrected chi connectivity index (χ3v) is 0.725. The summed E-state index contributed by atoms with van der Waals surface area (Å²) in [5.74, 6) is 0. The van der Waals surface area contributed by atoms with Crippen LogP contribution in [0.3, 0.4) is 0 Å². The summed E-state index contributed by atoms with van der Waals surface area (Å²) < 4.78 is 4.18. The maximum absolute atomic E-state index is 5.36. The Morgan fingerprint density at radius 2 is 1.57 bits per heavy atom. The normalized spacial score (nSPS) is 10.3. The molecule has 0 N–H and O–H groups in total. The second-order valence-corrected chi connectivity index (χ2v) is 2.51. The van der Waals surface area contributed by atoms with Gasteiger partial charge in [-0.2, -0.15) is 0 Å². The van der Waals surface area contributed by atoms with Crippen molar-refractivity contribution < 1.29 is 21.1 Å². The minimum atomic E-state index is -0.721. The van der Waals surface area contributed by atoms with Gasteiger partial charge in [0.05, 0.1) is 11.9 Å². The van der Waals surface area contributed by atoms with Crippen molar-refractivity contribution in [3.05, 3.63) is 0 Å². The number of hydrogen-bond donors (Lipinski definition) is 0. The van der Waals surface area contributed by atoms with Gasteiger partial charge < -0.3 is 0 Å². The summed E-state index contributed by atoms with van der Waals surface area (Å²) in [5, 5.41) is -0.721. The molecule has 0 heterocycles. The van der Waals surface area contributed by atoms with E-state index < -0.39 is 5.06 Å². The van der Waals surface area contributed by atoms with E-state index in [0.29, 0.717) is 0 Å². The van der Waals surface area contributed by atoms with Crippen LogP contribution < -0.4 is 0 Å². The van der Waals surface area contributed by atoms with Crippen LogP contribution in [0.5, 0.6) is 0 Å². The zero-order valence-corrected chi connectivity index (χ0v) is 6.55. The molecule has 0 amide bonds. The summed E-state index contributed by atoms with van der Waals surface area (Å²) >= 11 is 10.2. The van der Waals surface area contributed by atoms with Crippen LogP contribution in [0.15, 0.2) is 0 Å². The molecule has 0 spiro atoms. The quantitative estimate of drug-likeness (QED) is 0.572. The Morgan fingerprint density at radius 1 is 1.43 bits per heavy atom. The van der Waals surface area contributed by atoms with Crippen molar-refractivity contribution >= 4 is 23.5 Å². The van der Waals surface area contributed by atoms with Gasteiger partial charge in [0.1, 0.15) is 0 Å². The summed E-state index contributed by atoms with van der Waals surface area (Å²) in [6, 6.07) is 0. The third-order valence-electron chi connectivity index (χ3n) is 0.183. The molecule has 0 aliphatic rings. The standard InChI is InChI=1S/C3H6Cl2O.Co/c1-3(2,4)6-5;/h1-2H3;. The van der Waals surface area contributed by atoms with Crippen molar-refractivity contribution in [1.82, 2.24) is 0 Å². The first kappa shape index (κ1) is 10.9. The van der Waals surface area contributed by atoms with Gasteiger partial charge in [-0.1, -0.05) is 11.6 Å². The molecule has 0 fully saturated rings. The van der Waals surface area contributed by atoms with E-state index in [0.717, 1.165) is 0 Å². The fourth-order valence-electron chi connectivity index (χ4n) is 0. The second-order valence-electron chi connectivity index (χ2n) is 1.44. The van der Waals surface area contributed by atoms with Gasteiger partial charge in [-0.3, -0.25) is 4.29 Å². The maximum atomic E-state index is 5.36. The molecular weight excluding hydrogens is 182 g/mol. The molecule has 0 saturated carbocycles. The van der Waals surface area contributed by atoms with Crippen molar-refractivity contribution in [2.45, 2.75) is 18.9 Å². The molecule has 0 aliphatic heterocycles. The van der Waals surface area contributed by atoms with Crippen molar-refractivity contribution in [3.63, 3.8) is 0 Å². The van der Waals surface area contributed by atoms with E-state index in [-0.39, 0.29) is 16.8 Å². The Labute approximate surface area is 63.7 Å². The summed E-state index contributed by atoms with van der Waals surface area (Å²) in [6.45, 7) is 3.31. The van der Waals surface area contributed by atoms with Gasteiger partial charge in [0, 0.05) is 16.8 Å². The van der Waals surface area contributed by atoms with E-state index in [1.165, 1.54) is 0 Å². The van der Waals surface area contributed by atoms with E-state index in [9.17, 15) is 0 Å². The minimum absolute atomic E-state index is 0. The van der Waals surface area contributed by atoms with Gasteiger partial charge in [-0.15, -0.1) is 0 Å². The Hall–Kier alpha value is 1.05. The van der Waals surface area contributed by atoms with Gasteiger partial charge in [0.2, 0.25) is 0 Å². The third kappa shape index (κ3) is 11.0. The molecule has 0 aromatic rings. The number of hydrogen-bond acceptors (Lipinski definition) is 1. The predicted octanol–water partition coefficient (Wildman–Crippen LogP) is 2.13. The molecular formula is C3H6Cl2CoO. The van der Waals surface area contributed by atoms with Crippen LogP contribution in [-0.4, -0.2) is 5.06 Å². The second kappa shape index (κ2) is 3.98. The molecule has 7 heavy (non-hydrogen) atoms. The van der Waals surface area contributed by atoms with Crippen molar-refractivity contribution in [2.24, 2.45) is 0 Å². The Bertz CT molecular complexity index is 42.7. The van der Waals surface area contributed by atoms with Crippen LogP contribution in [0, 0.1) is 0 Å². The maximum Gasteiger partial charge on any atom is 0.157 e. The Kier molecular flexibility index (Phi) is 6.21. The van der Waals surface area contributed by atoms with Crippen LogP contribution in [0.2, 0.25) is 0 Å². The molecule has 0 atom stereocenters. The van der Waals surface area contributed by atoms with Crippen LogP contribution >= 0.6 is 23.5 Å². The van der Waals surface area contributed by atoms with Crippen LogP contribution in [0.1, 0.15) is 13.8 Å². The molecule has 0 aromatic heterocycles. The molecule has 0 unspecified atom stereocenters. The van der Waals surface area contributed by atoms with E-state index in [1.807, 2.05) is 0 Å². The Balaban J connectivity index is 0. The smallest absolute Gasteiger partial charge is 0.157 e. The van der Waals surface area contributed by atoms with Gasteiger partial charge in [-0.05, 0) is 13.8 Å². The zero-order valence-electron chi connectivity index (χ0n) is 4.00. The molecule has 0 aliphatic carbocycles. The van der Waals surface area contributed by atoms with Crippen LogP contribution in [0.4, 0.5) is 0 Å². The minimum Gasteiger partial charge on any atom is -0.257 e. The molecule has 47 valence electrons. The van der Waals surface area contributed by atoms with Crippen molar-refractivity contribution in [1.29, 1.82) is 0 Å². The molecule has 0 aromatic carbocycles. The molecule has 4 heteroatoms. The topological polar surface area (TPSA) is 9.23 Å². The average molecular weight is 188 g/mol. The monoisotopic (exact) mass is 187 g/mol. The van der Waals surface area contributed by atoms with Gasteiger partial charge in [0.25, 0.3) is 0 Å². The van der Waals surface area contributed by atoms with Crippen molar-refractivity contribution in [2.75, 3.05) is 0 Å². The van der Waals surface area contributed by atoms with Crippen molar-refractivity contribution in [3.8, 4) is 0 Å². The fourth-order valence-corrected chi connectivity index (χ4v) is 0. The SMILES string of the molecule is CC(C)(Cl)OCl.[Co]. The molecule has 0 saturated heterocycles. The summed E-state index contributed by atoms with van der Waals surface area (Å²) in [5.41, 5.74) is 0. The summed E-state index contributed by atoms with van der Waals surface area (Å²) in [4.78, 5) is 0. The molecule has 1 radical (unpaired) electrons. The van der Waals surface area contributed by atoms with Crippen LogP contribution in [0.25, 0.3) is 0 Å². The van der Waals surface area contributed by atoms with Crippen LogP contribution in [-0.2, 0) is 21.1 Å². The number of halogens is 2. The first-order valence-electron chi connectivity index (χ1n) is 1.55. The summed E-state index contributed by atoms with van der Waals surface area (Å²) in [7, 11) is 0. The van der Waals surface area contributed by atoms with E-state index in [4.69, 9.17) is 23.5 Å². The Morgan fingerprint density at radius 3 is 1.57 bits per heavy atom. The predicted molar refractivity (Wildman–Crippen MR) is 26.9 cm³/mol. The average Bonchev–Trinajstić information content (AvgIpc) is 1.35. The molecule has 0 rings (SSSR count). The number of rotatable bonds is 1. The van der Waals surface area contributed by atoms with E-state index in [1.54, 1.807) is 13.8 Å². The largest absolute Gasteiger partial charge is 0.257 e.